The molecule has 1 aromatic carbocycles. The van der Waals surface area contributed by atoms with Gasteiger partial charge in [0.15, 0.2) is 0 Å². The summed E-state index contributed by atoms with van der Waals surface area (Å²) >= 11 is 0. The monoisotopic (exact) mass is 234 g/mol. The van der Waals surface area contributed by atoms with E-state index in [4.69, 9.17) is 5.26 Å². The minimum Gasteiger partial charge on any atom is -0.288 e. The highest BCUT2D eigenvalue weighted by Gasteiger charge is 2.11. The Hall–Kier alpha value is -2.73. The Morgan fingerprint density at radius 3 is 2.56 bits per heavy atom. The maximum atomic E-state index is 12.1. The number of nitrogens with zero attached hydrogens (tertiary/aromatic N) is 2. The predicted molar refractivity (Wildman–Crippen MR) is 68.6 cm³/mol. The Morgan fingerprint density at radius 1 is 1.17 bits per heavy atom. The Bertz CT molecular complexity index is 610. The van der Waals surface area contributed by atoms with Crippen molar-refractivity contribution in [1.82, 2.24) is 4.98 Å². The third kappa shape index (κ3) is 2.69. The van der Waals surface area contributed by atoms with Gasteiger partial charge in [0.05, 0.1) is 0 Å². The zero-order valence-electron chi connectivity index (χ0n) is 9.58. The number of aromatic nitrogens is 1. The molecule has 1 heterocycles. The first-order chi connectivity index (χ1) is 8.81. The lowest BCUT2D eigenvalue weighted by Crippen LogP contribution is -2.01. The van der Waals surface area contributed by atoms with Gasteiger partial charge in [-0.1, -0.05) is 36.4 Å². The molecule has 0 aliphatic rings. The molecule has 0 unspecified atom stereocenters. The molecule has 0 saturated heterocycles. The zero-order chi connectivity index (χ0) is 12.8. The quantitative estimate of drug-likeness (QED) is 0.466. The van der Waals surface area contributed by atoms with Crippen molar-refractivity contribution in [2.75, 3.05) is 0 Å². The van der Waals surface area contributed by atoms with Crippen LogP contribution in [0.5, 0.6) is 0 Å². The topological polar surface area (TPSA) is 53.8 Å². The molecule has 0 spiro atoms. The van der Waals surface area contributed by atoms with Crippen molar-refractivity contribution < 1.29 is 4.79 Å². The molecule has 2 aromatic rings. The van der Waals surface area contributed by atoms with Gasteiger partial charge < -0.3 is 0 Å². The van der Waals surface area contributed by atoms with Crippen LogP contribution in [0.4, 0.5) is 0 Å². The van der Waals surface area contributed by atoms with Crippen LogP contribution in [0.3, 0.4) is 0 Å². The van der Waals surface area contributed by atoms with Gasteiger partial charge in [-0.25, -0.2) is 0 Å². The van der Waals surface area contributed by atoms with Crippen LogP contribution in [-0.2, 0) is 0 Å². The minimum absolute atomic E-state index is 0.106. The molecule has 18 heavy (non-hydrogen) atoms. The highest BCUT2D eigenvalue weighted by molar-refractivity contribution is 6.13. The van der Waals surface area contributed by atoms with Gasteiger partial charge in [0, 0.05) is 18.0 Å². The van der Waals surface area contributed by atoms with Crippen molar-refractivity contribution >= 4 is 11.9 Å². The molecule has 0 fully saturated rings. The Balaban J connectivity index is 2.34. The number of allylic oxidation sites excluding steroid dienone is 1. The van der Waals surface area contributed by atoms with Crippen molar-refractivity contribution in [3.05, 3.63) is 71.6 Å². The molecule has 86 valence electrons. The molecular weight excluding hydrogens is 224 g/mol. The van der Waals surface area contributed by atoms with Gasteiger partial charge >= 0.3 is 0 Å². The summed E-state index contributed by atoms with van der Waals surface area (Å²) in [4.78, 5) is 16.0. The number of Topliss-reactive ketones (excluding diaryl/α,β-unsaturated/α-hetero) is 1. The molecule has 0 bridgehead atoms. The van der Waals surface area contributed by atoms with Gasteiger partial charge in [-0.05, 0) is 17.7 Å². The van der Waals surface area contributed by atoms with E-state index in [0.717, 1.165) is 5.56 Å². The number of rotatable bonds is 3. The molecule has 3 nitrogen and oxygen atoms in total. The Morgan fingerprint density at radius 2 is 1.94 bits per heavy atom. The largest absolute Gasteiger partial charge is 0.288 e. The molecule has 0 amide bonds. The standard InChI is InChI=1S/C15H10N2O/c16-10-14(9-12-5-4-8-17-11-12)15(18)13-6-2-1-3-7-13/h1-9,11H. The molecule has 0 atom stereocenters. The molecule has 0 radical (unpaired) electrons. The molecule has 2 rings (SSSR count). The van der Waals surface area contributed by atoms with Crippen LogP contribution in [0, 0.1) is 11.3 Å². The summed E-state index contributed by atoms with van der Waals surface area (Å²) in [5, 5.41) is 9.06. The molecule has 0 aliphatic heterocycles. The van der Waals surface area contributed by atoms with Gasteiger partial charge in [0.2, 0.25) is 5.78 Å². The van der Waals surface area contributed by atoms with E-state index in [0.29, 0.717) is 5.56 Å². The fraction of sp³-hybridized carbons (Fsp3) is 0. The zero-order valence-corrected chi connectivity index (χ0v) is 9.58. The van der Waals surface area contributed by atoms with Crippen LogP contribution in [0.15, 0.2) is 60.4 Å². The van der Waals surface area contributed by atoms with Gasteiger partial charge in [-0.15, -0.1) is 0 Å². The Labute approximate surface area is 105 Å². The van der Waals surface area contributed by atoms with E-state index in [1.165, 1.54) is 0 Å². The average Bonchev–Trinajstić information content (AvgIpc) is 2.46. The normalized spacial score (nSPS) is 10.7. The van der Waals surface area contributed by atoms with Crippen molar-refractivity contribution in [3.63, 3.8) is 0 Å². The third-order valence-corrected chi connectivity index (χ3v) is 2.40. The summed E-state index contributed by atoms with van der Waals surface area (Å²) < 4.78 is 0. The minimum atomic E-state index is -0.276. The number of hydrogen-bond donors (Lipinski definition) is 0. The second-order valence-corrected chi connectivity index (χ2v) is 3.65. The maximum Gasteiger partial charge on any atom is 0.203 e. The van der Waals surface area contributed by atoms with Gasteiger partial charge in [0.1, 0.15) is 11.6 Å². The van der Waals surface area contributed by atoms with Gasteiger partial charge in [-0.2, -0.15) is 5.26 Å². The van der Waals surface area contributed by atoms with Crippen LogP contribution in [0.2, 0.25) is 0 Å². The van der Waals surface area contributed by atoms with E-state index < -0.39 is 0 Å². The molecule has 3 heteroatoms. The number of carbonyl (C=O) groups is 1. The fourth-order valence-electron chi connectivity index (χ4n) is 1.52. The van der Waals surface area contributed by atoms with Crippen LogP contribution in [0.25, 0.3) is 6.08 Å². The number of hydrogen-bond acceptors (Lipinski definition) is 3. The van der Waals surface area contributed by atoms with Gasteiger partial charge in [-0.3, -0.25) is 9.78 Å². The maximum absolute atomic E-state index is 12.1. The lowest BCUT2D eigenvalue weighted by molar-refractivity contribution is 0.104. The van der Waals surface area contributed by atoms with Crippen molar-refractivity contribution in [2.45, 2.75) is 0 Å². The SMILES string of the molecule is N#CC(=Cc1cccnc1)C(=O)c1ccccc1. The van der Waals surface area contributed by atoms with Crippen LogP contribution < -0.4 is 0 Å². The molecular formula is C15H10N2O. The second-order valence-electron chi connectivity index (χ2n) is 3.65. The van der Waals surface area contributed by atoms with E-state index in [9.17, 15) is 4.79 Å². The third-order valence-electron chi connectivity index (χ3n) is 2.40. The van der Waals surface area contributed by atoms with E-state index in [-0.39, 0.29) is 11.4 Å². The second kappa shape index (κ2) is 5.55. The summed E-state index contributed by atoms with van der Waals surface area (Å²) in [6.07, 6.45) is 4.79. The van der Waals surface area contributed by atoms with Crippen molar-refractivity contribution in [3.8, 4) is 6.07 Å². The fourth-order valence-corrected chi connectivity index (χ4v) is 1.52. The van der Waals surface area contributed by atoms with E-state index in [2.05, 4.69) is 4.98 Å². The number of carbonyl (C=O) groups excluding carboxylic acids is 1. The van der Waals surface area contributed by atoms with Crippen LogP contribution in [0.1, 0.15) is 15.9 Å². The first kappa shape index (κ1) is 11.7. The van der Waals surface area contributed by atoms with E-state index in [1.54, 1.807) is 54.9 Å². The lowest BCUT2D eigenvalue weighted by atomic mass is 10.0. The van der Waals surface area contributed by atoms with Crippen molar-refractivity contribution in [2.24, 2.45) is 0 Å². The van der Waals surface area contributed by atoms with E-state index in [1.807, 2.05) is 12.1 Å². The molecule has 0 N–H and O–H groups in total. The predicted octanol–water partition coefficient (Wildman–Crippen LogP) is 2.87. The number of pyridine rings is 1. The molecule has 0 aliphatic carbocycles. The highest BCUT2D eigenvalue weighted by Crippen LogP contribution is 2.11. The number of nitriles is 1. The lowest BCUT2D eigenvalue weighted by Gasteiger charge is -1.99. The summed E-state index contributed by atoms with van der Waals surface area (Å²) in [5.41, 5.74) is 1.35. The first-order valence-corrected chi connectivity index (χ1v) is 5.43. The first-order valence-electron chi connectivity index (χ1n) is 5.43. The summed E-state index contributed by atoms with van der Waals surface area (Å²) in [6, 6.07) is 14.2. The highest BCUT2D eigenvalue weighted by atomic mass is 16.1. The van der Waals surface area contributed by atoms with Crippen LogP contribution in [-0.4, -0.2) is 10.8 Å². The summed E-state index contributed by atoms with van der Waals surface area (Å²) in [6.45, 7) is 0. The number of benzene rings is 1. The van der Waals surface area contributed by atoms with E-state index >= 15 is 0 Å². The summed E-state index contributed by atoms with van der Waals surface area (Å²) in [5.74, 6) is -0.276. The Kier molecular flexibility index (Phi) is 3.62. The molecule has 0 saturated carbocycles. The smallest absolute Gasteiger partial charge is 0.203 e. The number of ketones is 1. The molecule has 1 aromatic heterocycles. The van der Waals surface area contributed by atoms with Crippen LogP contribution >= 0.6 is 0 Å². The average molecular weight is 234 g/mol. The summed E-state index contributed by atoms with van der Waals surface area (Å²) in [7, 11) is 0. The van der Waals surface area contributed by atoms with Gasteiger partial charge in [0.25, 0.3) is 0 Å². The van der Waals surface area contributed by atoms with Crippen molar-refractivity contribution in [1.29, 1.82) is 5.26 Å².